The maximum Gasteiger partial charge on any atom is 0.326 e. The molecule has 0 aliphatic carbocycles. The van der Waals surface area contributed by atoms with E-state index in [0.717, 1.165) is 28.7 Å². The van der Waals surface area contributed by atoms with E-state index in [-0.39, 0.29) is 29.8 Å². The number of aryl methyl sites for hydroxylation is 1. The lowest BCUT2D eigenvalue weighted by Crippen LogP contribution is -2.32. The normalized spacial score (nSPS) is 20.2. The van der Waals surface area contributed by atoms with Gasteiger partial charge in [0.1, 0.15) is 11.8 Å². The fraction of sp³-hybridized carbons (Fsp3) is 0.333. The lowest BCUT2D eigenvalue weighted by Gasteiger charge is -2.31. The zero-order chi connectivity index (χ0) is 27.1. The van der Waals surface area contributed by atoms with Crippen molar-refractivity contribution in [1.82, 2.24) is 4.57 Å². The predicted molar refractivity (Wildman–Crippen MR) is 143 cm³/mol. The fourth-order valence-electron chi connectivity index (χ4n) is 4.94. The van der Waals surface area contributed by atoms with E-state index in [0.29, 0.717) is 32.7 Å². The number of thiazole rings is 1. The van der Waals surface area contributed by atoms with Gasteiger partial charge in [0.15, 0.2) is 11.5 Å². The molecular weight excluding hydrogens is 528 g/mol. The van der Waals surface area contributed by atoms with Crippen LogP contribution in [0.5, 0.6) is 11.5 Å². The Labute approximate surface area is 227 Å². The Morgan fingerprint density at radius 3 is 2.34 bits per heavy atom. The predicted octanol–water partition coefficient (Wildman–Crippen LogP) is 3.59. The number of amides is 2. The number of fused-ring (bicyclic) bond motifs is 2. The minimum absolute atomic E-state index is 0.185. The molecule has 2 amide bonds. The highest BCUT2D eigenvalue weighted by Gasteiger charge is 2.57. The number of rotatable bonds is 7. The molecule has 0 saturated carbocycles. The number of hydrogen-bond donors (Lipinski definition) is 0. The zero-order valence-electron chi connectivity index (χ0n) is 21.3. The van der Waals surface area contributed by atoms with E-state index in [1.165, 1.54) is 23.7 Å². The van der Waals surface area contributed by atoms with Crippen molar-refractivity contribution < 1.29 is 28.6 Å². The highest BCUT2D eigenvalue weighted by molar-refractivity contribution is 8.00. The molecule has 3 atom stereocenters. The molecule has 198 valence electrons. The van der Waals surface area contributed by atoms with Crippen molar-refractivity contribution in [3.8, 4) is 11.5 Å². The highest BCUT2D eigenvalue weighted by Crippen LogP contribution is 2.54. The van der Waals surface area contributed by atoms with Gasteiger partial charge < -0.3 is 14.2 Å². The van der Waals surface area contributed by atoms with E-state index in [1.54, 1.807) is 31.2 Å². The Kier molecular flexibility index (Phi) is 7.06. The van der Waals surface area contributed by atoms with Crippen molar-refractivity contribution in [2.75, 3.05) is 25.7 Å². The van der Waals surface area contributed by atoms with Gasteiger partial charge in [0.25, 0.3) is 0 Å². The summed E-state index contributed by atoms with van der Waals surface area (Å²) in [5.41, 5.74) is 2.21. The molecule has 11 heteroatoms. The molecule has 3 aromatic rings. The van der Waals surface area contributed by atoms with Gasteiger partial charge in [-0.25, -0.2) is 4.90 Å². The number of carbonyl (C=O) groups is 3. The molecule has 1 fully saturated rings. The van der Waals surface area contributed by atoms with Crippen molar-refractivity contribution >= 4 is 46.6 Å². The van der Waals surface area contributed by atoms with E-state index in [1.807, 2.05) is 25.1 Å². The average Bonchev–Trinajstić information content (AvgIpc) is 3.35. The van der Waals surface area contributed by atoms with E-state index >= 15 is 0 Å². The molecule has 3 unspecified atom stereocenters. The quantitative estimate of drug-likeness (QED) is 0.322. The summed E-state index contributed by atoms with van der Waals surface area (Å²) in [4.78, 5) is 54.6. The number of aromatic nitrogens is 1. The van der Waals surface area contributed by atoms with Gasteiger partial charge in [-0.15, -0.1) is 0 Å². The number of ether oxygens (including phenoxy) is 3. The number of imide groups is 1. The minimum Gasteiger partial charge on any atom is -0.493 e. The van der Waals surface area contributed by atoms with Crippen molar-refractivity contribution in [2.45, 2.75) is 36.6 Å². The number of hydrogen-bond acceptors (Lipinski definition) is 9. The number of methoxy groups -OCH3 is 2. The van der Waals surface area contributed by atoms with Gasteiger partial charge in [0, 0.05) is 10.8 Å². The first-order chi connectivity index (χ1) is 18.3. The van der Waals surface area contributed by atoms with Crippen LogP contribution in [-0.2, 0) is 25.7 Å². The summed E-state index contributed by atoms with van der Waals surface area (Å²) in [6, 6.07) is 12.5. The van der Waals surface area contributed by atoms with Crippen LogP contribution in [0.3, 0.4) is 0 Å². The molecule has 5 rings (SSSR count). The SMILES string of the molecule is CCOC(=O)Cn1c2c(sc1=O)C(c1ccc(OC)c(OC)c1)C1C(=O)N(c3ccc(C)cc3)C(=O)C1S2. The van der Waals surface area contributed by atoms with Gasteiger partial charge in [0.2, 0.25) is 11.8 Å². The van der Waals surface area contributed by atoms with Crippen LogP contribution in [0.4, 0.5) is 5.69 Å². The van der Waals surface area contributed by atoms with Crippen molar-refractivity contribution in [1.29, 1.82) is 0 Å². The third-order valence-electron chi connectivity index (χ3n) is 6.70. The summed E-state index contributed by atoms with van der Waals surface area (Å²) >= 11 is 2.14. The van der Waals surface area contributed by atoms with Crippen LogP contribution < -0.4 is 19.2 Å². The second-order valence-electron chi connectivity index (χ2n) is 8.93. The topological polar surface area (TPSA) is 104 Å². The monoisotopic (exact) mass is 554 g/mol. The molecule has 1 aromatic heterocycles. The Balaban J connectivity index is 1.67. The van der Waals surface area contributed by atoms with Crippen LogP contribution in [0, 0.1) is 12.8 Å². The van der Waals surface area contributed by atoms with Crippen molar-refractivity contribution in [3.05, 3.63) is 68.1 Å². The standard InChI is InChI=1S/C27H26N2O7S2/c1-5-36-19(30)13-28-26-23(38-27(28)33)20(15-8-11-17(34-3)18(12-15)35-4)21-22(37-26)25(32)29(24(21)31)16-9-6-14(2)7-10-16/h6-12,20-22H,5,13H2,1-4H3. The van der Waals surface area contributed by atoms with Crippen LogP contribution >= 0.6 is 23.1 Å². The van der Waals surface area contributed by atoms with Gasteiger partial charge in [-0.2, -0.15) is 0 Å². The van der Waals surface area contributed by atoms with E-state index in [9.17, 15) is 19.2 Å². The summed E-state index contributed by atoms with van der Waals surface area (Å²) in [5, 5.41) is -0.280. The summed E-state index contributed by atoms with van der Waals surface area (Å²) in [5.74, 6) is -1.62. The van der Waals surface area contributed by atoms with E-state index in [2.05, 4.69) is 0 Å². The smallest absolute Gasteiger partial charge is 0.326 e. The average molecular weight is 555 g/mol. The first-order valence-electron chi connectivity index (χ1n) is 12.0. The largest absolute Gasteiger partial charge is 0.493 e. The van der Waals surface area contributed by atoms with Crippen molar-refractivity contribution in [3.63, 3.8) is 0 Å². The molecule has 0 N–H and O–H groups in total. The second kappa shape index (κ2) is 10.3. The van der Waals surface area contributed by atoms with Gasteiger partial charge in [-0.05, 0) is 43.7 Å². The molecule has 9 nitrogen and oxygen atoms in total. The first-order valence-corrected chi connectivity index (χ1v) is 13.7. The molecule has 0 radical (unpaired) electrons. The van der Waals surface area contributed by atoms with Crippen LogP contribution in [0.1, 0.15) is 28.8 Å². The van der Waals surface area contributed by atoms with Crippen LogP contribution in [-0.4, -0.2) is 48.4 Å². The number of esters is 1. The molecular formula is C27H26N2O7S2. The lowest BCUT2D eigenvalue weighted by molar-refractivity contribution is -0.144. The van der Waals surface area contributed by atoms with Crippen LogP contribution in [0.15, 0.2) is 52.3 Å². The summed E-state index contributed by atoms with van der Waals surface area (Å²) < 4.78 is 17.3. The first kappa shape index (κ1) is 26.1. The molecule has 38 heavy (non-hydrogen) atoms. The second-order valence-corrected chi connectivity index (χ2v) is 11.1. The third kappa shape index (κ3) is 4.29. The minimum atomic E-state index is -0.781. The van der Waals surface area contributed by atoms with E-state index < -0.39 is 23.1 Å². The number of thioether (sulfide) groups is 1. The maximum atomic E-state index is 13.9. The van der Waals surface area contributed by atoms with Crippen molar-refractivity contribution in [2.24, 2.45) is 5.92 Å². The maximum absolute atomic E-state index is 13.9. The summed E-state index contributed by atoms with van der Waals surface area (Å²) in [7, 11) is 3.05. The Bertz CT molecular complexity index is 1480. The zero-order valence-corrected chi connectivity index (χ0v) is 22.9. The number of carbonyl (C=O) groups excluding carboxylic acids is 3. The van der Waals surface area contributed by atoms with Gasteiger partial charge in [-0.3, -0.25) is 23.7 Å². The molecule has 3 heterocycles. The number of benzene rings is 2. The molecule has 2 aromatic carbocycles. The summed E-state index contributed by atoms with van der Waals surface area (Å²) in [6.07, 6.45) is 0. The van der Waals surface area contributed by atoms with Crippen LogP contribution in [0.2, 0.25) is 0 Å². The molecule has 0 bridgehead atoms. The molecule has 0 spiro atoms. The molecule has 2 aliphatic rings. The lowest BCUT2D eigenvalue weighted by atomic mass is 9.83. The number of anilines is 1. The van der Waals surface area contributed by atoms with Gasteiger partial charge in [0.05, 0.1) is 37.5 Å². The molecule has 2 aliphatic heterocycles. The van der Waals surface area contributed by atoms with E-state index in [4.69, 9.17) is 14.2 Å². The Morgan fingerprint density at radius 2 is 1.68 bits per heavy atom. The number of nitrogens with zero attached hydrogens (tertiary/aromatic N) is 2. The Hall–Kier alpha value is -3.57. The molecule has 1 saturated heterocycles. The fourth-order valence-corrected chi connectivity index (χ4v) is 7.72. The third-order valence-corrected chi connectivity index (χ3v) is 9.30. The van der Waals surface area contributed by atoms with Crippen LogP contribution in [0.25, 0.3) is 0 Å². The highest BCUT2D eigenvalue weighted by atomic mass is 32.2. The Morgan fingerprint density at radius 1 is 0.974 bits per heavy atom. The summed E-state index contributed by atoms with van der Waals surface area (Å²) in [6.45, 7) is 3.54. The van der Waals surface area contributed by atoms with Gasteiger partial charge >= 0.3 is 10.8 Å². The van der Waals surface area contributed by atoms with Gasteiger partial charge in [-0.1, -0.05) is 46.9 Å².